The van der Waals surface area contributed by atoms with Crippen molar-refractivity contribution in [2.45, 2.75) is 52.3 Å². The van der Waals surface area contributed by atoms with E-state index in [1.165, 1.54) is 11.8 Å². The van der Waals surface area contributed by atoms with Gasteiger partial charge < -0.3 is 25.4 Å². The van der Waals surface area contributed by atoms with E-state index in [-0.39, 0.29) is 25.4 Å². The number of rotatable bonds is 6. The highest BCUT2D eigenvalue weighted by Gasteiger charge is 2.40. The van der Waals surface area contributed by atoms with Crippen molar-refractivity contribution in [2.75, 3.05) is 31.2 Å². The molecule has 2 atom stereocenters. The van der Waals surface area contributed by atoms with Crippen LogP contribution in [0.15, 0.2) is 48.7 Å². The molecular weight excluding hydrogens is 624 g/mol. The van der Waals surface area contributed by atoms with E-state index in [1.54, 1.807) is 69.0 Å². The van der Waals surface area contributed by atoms with Crippen LogP contribution < -0.4 is 10.6 Å². The number of hydrogen-bond donors (Lipinski definition) is 3. The number of ether oxygens (including phenoxy) is 1. The lowest BCUT2D eigenvalue weighted by Gasteiger charge is -2.40. The Morgan fingerprint density at radius 3 is 2.40 bits per heavy atom. The Bertz CT molecular complexity index is 1830. The Labute approximate surface area is 274 Å². The number of carbonyl (C=O) groups excluding carboxylic acids is 3. The van der Waals surface area contributed by atoms with Crippen molar-refractivity contribution in [3.63, 3.8) is 0 Å². The van der Waals surface area contributed by atoms with Crippen LogP contribution in [0.2, 0.25) is 0 Å². The molecule has 3 N–H and O–H groups in total. The monoisotopic (exact) mass is 664 g/mol. The van der Waals surface area contributed by atoms with Gasteiger partial charge in [0.1, 0.15) is 29.1 Å². The Morgan fingerprint density at radius 1 is 1.09 bits per heavy atom. The summed E-state index contributed by atoms with van der Waals surface area (Å²) in [6, 6.07) is 9.80. The molecule has 13 nitrogen and oxygen atoms in total. The number of amides is 3. The smallest absolute Gasteiger partial charge is 0.408 e. The highest BCUT2D eigenvalue weighted by molar-refractivity contribution is 7.88. The van der Waals surface area contributed by atoms with Gasteiger partial charge in [0.05, 0.1) is 11.8 Å². The maximum atomic E-state index is 13.5. The molecule has 2 heterocycles. The van der Waals surface area contributed by atoms with E-state index in [9.17, 15) is 27.9 Å². The van der Waals surface area contributed by atoms with Gasteiger partial charge in [-0.1, -0.05) is 23.5 Å². The lowest BCUT2D eigenvalue weighted by Crippen LogP contribution is -2.63. The van der Waals surface area contributed by atoms with Crippen LogP contribution in [0.4, 0.5) is 10.5 Å². The van der Waals surface area contributed by atoms with Gasteiger partial charge in [-0.15, -0.1) is 0 Å². The van der Waals surface area contributed by atoms with E-state index in [0.717, 1.165) is 16.1 Å². The Balaban J connectivity index is 1.50. The lowest BCUT2D eigenvalue weighted by atomic mass is 10.0. The van der Waals surface area contributed by atoms with Crippen LogP contribution in [-0.4, -0.2) is 94.0 Å². The number of nitrogens with zero attached hydrogens (tertiary/aromatic N) is 4. The van der Waals surface area contributed by atoms with Crippen LogP contribution in [0.5, 0.6) is 5.75 Å². The topological polar surface area (TPSA) is 163 Å². The standard InChI is InChI=1S/C33H40N6O7S/c1-21-8-15-28(40)26(18-21)29-24(19-37(6)36-29)12-9-23-10-13-25(14-11-23)35-30(41)27-20-38(47(7,44)45)16-17-39(27)31(42)22(2)34-32(43)46-33(3,4)5/h8,10-11,13-15,18-19,22,27,40H,16-17,20H2,1-7H3,(H,34,43)(H,35,41)/t22-,27+/m1/s1. The number of carbonyl (C=O) groups is 3. The SMILES string of the molecule is Cc1ccc(O)c(-c2nn(C)cc2C#Cc2ccc(NC(=O)[C@@H]3CN(S(C)(=O)=O)CCN3C(=O)[C@@H](C)NC(=O)OC(C)(C)C)cc2)c1. The molecule has 0 saturated carbocycles. The normalized spacial score (nSPS) is 16.1. The summed E-state index contributed by atoms with van der Waals surface area (Å²) in [5.41, 5.74) is 3.01. The van der Waals surface area contributed by atoms with Crippen molar-refractivity contribution in [2.24, 2.45) is 7.05 Å². The molecule has 1 aliphatic rings. The molecule has 1 aromatic heterocycles. The van der Waals surface area contributed by atoms with Gasteiger partial charge in [0.25, 0.3) is 0 Å². The third-order valence-electron chi connectivity index (χ3n) is 7.23. The molecule has 0 aliphatic carbocycles. The number of aromatic hydroxyl groups is 1. The van der Waals surface area contributed by atoms with Gasteiger partial charge in [0.15, 0.2) is 0 Å². The predicted octanol–water partition coefficient (Wildman–Crippen LogP) is 2.83. The Hall–Kier alpha value is -4.87. The molecule has 0 unspecified atom stereocenters. The fraction of sp³-hybridized carbons (Fsp3) is 0.394. The van der Waals surface area contributed by atoms with E-state index >= 15 is 0 Å². The van der Waals surface area contributed by atoms with E-state index in [0.29, 0.717) is 28.1 Å². The summed E-state index contributed by atoms with van der Waals surface area (Å²) in [4.78, 5) is 40.4. The van der Waals surface area contributed by atoms with E-state index in [1.807, 2.05) is 19.1 Å². The molecule has 250 valence electrons. The number of phenols is 1. The van der Waals surface area contributed by atoms with Crippen molar-refractivity contribution in [1.82, 2.24) is 24.3 Å². The van der Waals surface area contributed by atoms with Gasteiger partial charge in [-0.3, -0.25) is 14.3 Å². The van der Waals surface area contributed by atoms with Crippen LogP contribution in [0, 0.1) is 18.8 Å². The maximum absolute atomic E-state index is 13.5. The number of aromatic nitrogens is 2. The number of nitrogens with one attached hydrogen (secondary N) is 2. The molecule has 1 aliphatic heterocycles. The molecule has 0 bridgehead atoms. The second kappa shape index (κ2) is 13.9. The zero-order valence-electron chi connectivity index (χ0n) is 27.5. The highest BCUT2D eigenvalue weighted by atomic mass is 32.2. The van der Waals surface area contributed by atoms with Crippen molar-refractivity contribution >= 4 is 33.6 Å². The summed E-state index contributed by atoms with van der Waals surface area (Å²) in [6.45, 7) is 8.19. The molecule has 0 spiro atoms. The third kappa shape index (κ3) is 9.11. The van der Waals surface area contributed by atoms with E-state index in [2.05, 4.69) is 27.6 Å². The summed E-state index contributed by atoms with van der Waals surface area (Å²) in [5, 5.41) is 20.1. The molecule has 2 aromatic carbocycles. The van der Waals surface area contributed by atoms with E-state index < -0.39 is 45.6 Å². The molecule has 1 saturated heterocycles. The van der Waals surface area contributed by atoms with Crippen molar-refractivity contribution < 1.29 is 32.6 Å². The fourth-order valence-corrected chi connectivity index (χ4v) is 5.79. The highest BCUT2D eigenvalue weighted by Crippen LogP contribution is 2.31. The molecule has 14 heteroatoms. The Kier molecular flexibility index (Phi) is 10.3. The Morgan fingerprint density at radius 2 is 1.77 bits per heavy atom. The van der Waals surface area contributed by atoms with Gasteiger partial charge in [-0.2, -0.15) is 9.40 Å². The lowest BCUT2D eigenvalue weighted by molar-refractivity contribution is -0.142. The average molecular weight is 665 g/mol. The number of piperazine rings is 1. The van der Waals surface area contributed by atoms with Crippen LogP contribution in [-0.2, 0) is 31.4 Å². The molecule has 1 fully saturated rings. The first-order valence-electron chi connectivity index (χ1n) is 14.9. The fourth-order valence-electron chi connectivity index (χ4n) is 4.96. The van der Waals surface area contributed by atoms with Crippen molar-refractivity contribution in [1.29, 1.82) is 0 Å². The molecule has 3 amide bonds. The van der Waals surface area contributed by atoms with Crippen molar-refractivity contribution in [3.8, 4) is 28.8 Å². The number of alkyl carbamates (subject to hydrolysis) is 1. The summed E-state index contributed by atoms with van der Waals surface area (Å²) in [5.74, 6) is 5.14. The molecule has 0 radical (unpaired) electrons. The van der Waals surface area contributed by atoms with Gasteiger partial charge in [-0.05, 0) is 71.0 Å². The van der Waals surface area contributed by atoms with Gasteiger partial charge in [-0.25, -0.2) is 13.2 Å². The second-order valence-corrected chi connectivity index (χ2v) is 14.4. The maximum Gasteiger partial charge on any atom is 0.408 e. The van der Waals surface area contributed by atoms with Crippen LogP contribution in [0.3, 0.4) is 0 Å². The first kappa shape index (κ1) is 35.0. The summed E-state index contributed by atoms with van der Waals surface area (Å²) >= 11 is 0. The summed E-state index contributed by atoms with van der Waals surface area (Å²) in [7, 11) is -1.87. The minimum absolute atomic E-state index is 0.00300. The number of anilines is 1. The van der Waals surface area contributed by atoms with Crippen LogP contribution >= 0.6 is 0 Å². The van der Waals surface area contributed by atoms with Crippen molar-refractivity contribution in [3.05, 3.63) is 65.4 Å². The van der Waals surface area contributed by atoms with Gasteiger partial charge >= 0.3 is 6.09 Å². The number of benzene rings is 2. The first-order chi connectivity index (χ1) is 21.9. The predicted molar refractivity (Wildman–Crippen MR) is 177 cm³/mol. The number of phenolic OH excluding ortho intramolecular Hbond substituents is 1. The third-order valence-corrected chi connectivity index (χ3v) is 8.50. The molecular formula is C33H40N6O7S. The number of hydrogen-bond acceptors (Lipinski definition) is 8. The van der Waals surface area contributed by atoms with Gasteiger partial charge in [0.2, 0.25) is 21.8 Å². The quantitative estimate of drug-likeness (QED) is 0.339. The zero-order chi connectivity index (χ0) is 34.7. The van der Waals surface area contributed by atoms with E-state index in [4.69, 9.17) is 4.74 Å². The minimum Gasteiger partial charge on any atom is -0.507 e. The first-order valence-corrected chi connectivity index (χ1v) is 16.8. The van der Waals surface area contributed by atoms with Crippen LogP contribution in [0.25, 0.3) is 11.3 Å². The summed E-state index contributed by atoms with van der Waals surface area (Å²) in [6.07, 6.45) is 2.02. The largest absolute Gasteiger partial charge is 0.507 e. The summed E-state index contributed by atoms with van der Waals surface area (Å²) < 4.78 is 32.7. The molecule has 3 aromatic rings. The van der Waals surface area contributed by atoms with Crippen LogP contribution in [0.1, 0.15) is 44.4 Å². The molecule has 4 rings (SSSR count). The zero-order valence-corrected chi connectivity index (χ0v) is 28.3. The molecule has 47 heavy (non-hydrogen) atoms. The minimum atomic E-state index is -3.64. The van der Waals surface area contributed by atoms with Gasteiger partial charge in [0, 0.05) is 49.7 Å². The number of sulfonamides is 1. The average Bonchev–Trinajstić information content (AvgIpc) is 3.35. The second-order valence-electron chi connectivity index (χ2n) is 12.4. The number of aryl methyl sites for hydroxylation is 2.